The summed E-state index contributed by atoms with van der Waals surface area (Å²) in [6.45, 7) is 2.65. The zero-order chi connectivity index (χ0) is 20.4. The van der Waals surface area contributed by atoms with Crippen LogP contribution in [-0.2, 0) is 14.3 Å². The Kier molecular flexibility index (Phi) is 6.11. The number of esters is 1. The molecule has 1 saturated heterocycles. The summed E-state index contributed by atoms with van der Waals surface area (Å²) in [6.07, 6.45) is -5.71. The average Bonchev–Trinajstić information content (AvgIpc) is 2.83. The molecule has 11 heteroatoms. The Hall–Kier alpha value is -2.59. The summed E-state index contributed by atoms with van der Waals surface area (Å²) in [5.41, 5.74) is -2.78. The number of aliphatic hydroxyl groups excluding tert-OH is 1. The highest BCUT2D eigenvalue weighted by Gasteiger charge is 2.55. The molecule has 0 aliphatic carbocycles. The number of halogens is 2. The van der Waals surface area contributed by atoms with E-state index in [0.29, 0.717) is 10.6 Å². The Bertz CT molecular complexity index is 883. The quantitative estimate of drug-likeness (QED) is 0.465. The lowest BCUT2D eigenvalue weighted by Gasteiger charge is -2.27. The molecule has 0 spiro atoms. The van der Waals surface area contributed by atoms with E-state index in [0.717, 1.165) is 12.3 Å². The Labute approximate surface area is 151 Å². The van der Waals surface area contributed by atoms with Crippen molar-refractivity contribution in [2.75, 3.05) is 6.61 Å². The van der Waals surface area contributed by atoms with E-state index < -0.39 is 59.9 Å². The number of nitrogens with one attached hydrogen (secondary N) is 1. The van der Waals surface area contributed by atoms with Gasteiger partial charge in [0.1, 0.15) is 18.8 Å². The van der Waals surface area contributed by atoms with E-state index in [-0.39, 0.29) is 0 Å². The molecular weight excluding hydrogens is 370 g/mol. The van der Waals surface area contributed by atoms with Crippen molar-refractivity contribution < 1.29 is 33.3 Å². The lowest BCUT2D eigenvalue weighted by Crippen LogP contribution is -2.47. The number of aliphatic hydroxyl groups is 2. The second-order valence-corrected chi connectivity index (χ2v) is 6.21. The molecule has 2 heterocycles. The molecule has 4 atom stereocenters. The van der Waals surface area contributed by atoms with Crippen LogP contribution in [0.15, 0.2) is 39.7 Å². The van der Waals surface area contributed by atoms with Gasteiger partial charge in [-0.1, -0.05) is 19.6 Å². The highest BCUT2D eigenvalue weighted by Crippen LogP contribution is 2.39. The number of nitrogens with zero attached hydrogens (tertiary/aromatic N) is 1. The first kappa shape index (κ1) is 20.7. The van der Waals surface area contributed by atoms with Crippen LogP contribution in [0.4, 0.5) is 8.78 Å². The molecule has 0 radical (unpaired) electrons. The van der Waals surface area contributed by atoms with Gasteiger partial charge in [-0.05, 0) is 0 Å². The van der Waals surface area contributed by atoms with Crippen LogP contribution < -0.4 is 11.2 Å². The van der Waals surface area contributed by atoms with Gasteiger partial charge < -0.3 is 19.7 Å². The van der Waals surface area contributed by atoms with Crippen LogP contribution in [0.5, 0.6) is 0 Å². The van der Waals surface area contributed by atoms with E-state index in [1.165, 1.54) is 5.73 Å². The first-order valence-corrected chi connectivity index (χ1v) is 7.89. The van der Waals surface area contributed by atoms with Crippen LogP contribution >= 0.6 is 0 Å². The molecule has 0 amide bonds. The highest BCUT2D eigenvalue weighted by atomic mass is 19.3. The van der Waals surface area contributed by atoms with Gasteiger partial charge in [0.05, 0.1) is 5.92 Å². The molecule has 1 aromatic rings. The Morgan fingerprint density at radius 1 is 1.52 bits per heavy atom. The largest absolute Gasteiger partial charge is 0.463 e. The van der Waals surface area contributed by atoms with Crippen molar-refractivity contribution >= 4 is 5.97 Å². The van der Waals surface area contributed by atoms with Crippen molar-refractivity contribution in [1.29, 1.82) is 0 Å². The third kappa shape index (κ3) is 4.40. The lowest BCUT2D eigenvalue weighted by molar-refractivity contribution is -0.153. The number of aromatic amines is 1. The summed E-state index contributed by atoms with van der Waals surface area (Å²) in [6, 6.07) is 0.943. The van der Waals surface area contributed by atoms with Crippen LogP contribution in [0.1, 0.15) is 20.1 Å². The molecule has 27 heavy (non-hydrogen) atoms. The van der Waals surface area contributed by atoms with Crippen molar-refractivity contribution in [1.82, 2.24) is 9.55 Å². The number of carbonyl (C=O) groups is 1. The SMILES string of the molecule is CC(C)C(=O)OC[C@H]1O[C@@H](n2ccc(=O)[nH]c2=O)[C@@](O)(C=C=C(F)F)[C@@H]1O. The van der Waals surface area contributed by atoms with Crippen LogP contribution in [0.2, 0.25) is 0 Å². The Morgan fingerprint density at radius 3 is 2.74 bits per heavy atom. The second-order valence-electron chi connectivity index (χ2n) is 6.21. The molecule has 1 aliphatic heterocycles. The minimum absolute atomic E-state index is 0.458. The highest BCUT2D eigenvalue weighted by molar-refractivity contribution is 5.71. The molecule has 3 N–H and O–H groups in total. The van der Waals surface area contributed by atoms with Gasteiger partial charge >= 0.3 is 17.7 Å². The molecular formula is C16H18F2N2O7. The van der Waals surface area contributed by atoms with Crippen LogP contribution in [-0.4, -0.2) is 50.1 Å². The minimum Gasteiger partial charge on any atom is -0.463 e. The number of rotatable bonds is 5. The molecule has 9 nitrogen and oxygen atoms in total. The fourth-order valence-electron chi connectivity index (χ4n) is 2.48. The number of ether oxygens (including phenoxy) is 2. The number of carbonyl (C=O) groups excluding carboxylic acids is 1. The van der Waals surface area contributed by atoms with Gasteiger partial charge in [-0.3, -0.25) is 19.1 Å². The maximum Gasteiger partial charge on any atom is 0.330 e. The predicted molar refractivity (Wildman–Crippen MR) is 85.8 cm³/mol. The smallest absolute Gasteiger partial charge is 0.330 e. The number of aromatic nitrogens is 2. The van der Waals surface area contributed by atoms with Crippen LogP contribution in [0.3, 0.4) is 0 Å². The van der Waals surface area contributed by atoms with Crippen molar-refractivity contribution in [2.45, 2.75) is 37.9 Å². The minimum atomic E-state index is -2.51. The summed E-state index contributed by atoms with van der Waals surface area (Å²) >= 11 is 0. The van der Waals surface area contributed by atoms with Crippen molar-refractivity contribution in [3.8, 4) is 0 Å². The van der Waals surface area contributed by atoms with E-state index >= 15 is 0 Å². The lowest BCUT2D eigenvalue weighted by atomic mass is 9.94. The first-order chi connectivity index (χ1) is 12.6. The molecule has 0 saturated carbocycles. The molecule has 0 bridgehead atoms. The fraction of sp³-hybridized carbons (Fsp3) is 0.500. The zero-order valence-corrected chi connectivity index (χ0v) is 14.4. The predicted octanol–water partition coefficient (Wildman–Crippen LogP) is -0.339. The van der Waals surface area contributed by atoms with Crippen LogP contribution in [0, 0.1) is 5.92 Å². The topological polar surface area (TPSA) is 131 Å². The van der Waals surface area contributed by atoms with Gasteiger partial charge in [-0.25, -0.2) is 4.79 Å². The molecule has 1 aliphatic rings. The zero-order valence-electron chi connectivity index (χ0n) is 14.4. The van der Waals surface area contributed by atoms with Gasteiger partial charge in [-0.15, -0.1) is 0 Å². The van der Waals surface area contributed by atoms with E-state index in [1.807, 2.05) is 4.98 Å². The second kappa shape index (κ2) is 7.97. The van der Waals surface area contributed by atoms with Crippen LogP contribution in [0.25, 0.3) is 0 Å². The number of hydrogen-bond acceptors (Lipinski definition) is 7. The van der Waals surface area contributed by atoms with Gasteiger partial charge in [0.2, 0.25) is 0 Å². The standard InChI is InChI=1S/C16H18F2N2O7/c1-8(2)13(23)26-7-9-12(22)16(25,5-3-10(17)18)14(27-9)20-6-4-11(21)19-15(20)24/h4-6,8-9,12,14,22,25H,7H2,1-2H3,(H,19,21,24)/t9-,12-,14-,16-/m1/s1. The Morgan fingerprint density at radius 2 is 2.19 bits per heavy atom. The van der Waals surface area contributed by atoms with Gasteiger partial charge in [0.25, 0.3) is 5.56 Å². The number of hydrogen-bond donors (Lipinski definition) is 3. The third-order valence-corrected chi connectivity index (χ3v) is 3.90. The van der Waals surface area contributed by atoms with Gasteiger partial charge in [-0.2, -0.15) is 8.78 Å². The normalized spacial score (nSPS) is 27.3. The summed E-state index contributed by atoms with van der Waals surface area (Å²) in [5.74, 6) is -1.08. The molecule has 148 valence electrons. The maximum absolute atomic E-state index is 12.4. The maximum atomic E-state index is 12.4. The summed E-state index contributed by atoms with van der Waals surface area (Å²) < 4.78 is 35.9. The van der Waals surface area contributed by atoms with E-state index in [2.05, 4.69) is 0 Å². The van der Waals surface area contributed by atoms with E-state index in [9.17, 15) is 33.4 Å². The van der Waals surface area contributed by atoms with Crippen molar-refractivity contribution in [2.24, 2.45) is 5.92 Å². The molecule has 1 aromatic heterocycles. The summed E-state index contributed by atoms with van der Waals surface area (Å²) in [5, 5.41) is 21.1. The molecule has 2 rings (SSSR count). The van der Waals surface area contributed by atoms with E-state index in [4.69, 9.17) is 9.47 Å². The Balaban J connectivity index is 2.42. The van der Waals surface area contributed by atoms with E-state index in [1.54, 1.807) is 13.8 Å². The third-order valence-electron chi connectivity index (χ3n) is 3.90. The van der Waals surface area contributed by atoms with Crippen molar-refractivity contribution in [3.63, 3.8) is 0 Å². The molecule has 0 unspecified atom stereocenters. The van der Waals surface area contributed by atoms with Gasteiger partial charge in [0.15, 0.2) is 11.8 Å². The van der Waals surface area contributed by atoms with Crippen molar-refractivity contribution in [3.05, 3.63) is 51.0 Å². The number of H-pyrrole nitrogens is 1. The summed E-state index contributed by atoms with van der Waals surface area (Å²) in [7, 11) is 0. The van der Waals surface area contributed by atoms with Gasteiger partial charge in [0, 0.05) is 18.3 Å². The average molecular weight is 388 g/mol. The molecule has 0 aromatic carbocycles. The fourth-order valence-corrected chi connectivity index (χ4v) is 2.48. The summed E-state index contributed by atoms with van der Waals surface area (Å²) in [4.78, 5) is 36.7. The first-order valence-electron chi connectivity index (χ1n) is 7.89. The monoisotopic (exact) mass is 388 g/mol. The molecule has 1 fully saturated rings.